The van der Waals surface area contributed by atoms with Crippen LogP contribution >= 0.6 is 11.6 Å². The molecule has 0 bridgehead atoms. The first kappa shape index (κ1) is 15.7. The molecule has 0 aliphatic rings. The molecule has 0 saturated carbocycles. The minimum absolute atomic E-state index is 0.0985. The summed E-state index contributed by atoms with van der Waals surface area (Å²) in [4.78, 5) is 11.8. The summed E-state index contributed by atoms with van der Waals surface area (Å²) in [7, 11) is 0. The van der Waals surface area contributed by atoms with E-state index in [1.165, 1.54) is 0 Å². The normalized spacial score (nSPS) is 11.1. The van der Waals surface area contributed by atoms with Crippen LogP contribution in [0.4, 0.5) is 0 Å². The maximum absolute atomic E-state index is 11.8. The molecule has 1 heterocycles. The van der Waals surface area contributed by atoms with Gasteiger partial charge in [-0.05, 0) is 29.3 Å². The summed E-state index contributed by atoms with van der Waals surface area (Å²) in [5.74, 6) is 0. The molecule has 0 saturated heterocycles. The van der Waals surface area contributed by atoms with Gasteiger partial charge in [0.05, 0.1) is 17.3 Å². The van der Waals surface area contributed by atoms with Crippen LogP contribution in [-0.2, 0) is 0 Å². The van der Waals surface area contributed by atoms with Gasteiger partial charge in [-0.3, -0.25) is 4.79 Å². The monoisotopic (exact) mass is 345 g/mol. The van der Waals surface area contributed by atoms with Crippen molar-refractivity contribution in [1.82, 2.24) is 4.57 Å². The largest absolute Gasteiger partial charge is 0.326 e. The fourth-order valence-electron chi connectivity index (χ4n) is 3.36. The Morgan fingerprint density at radius 3 is 1.96 bits per heavy atom. The Kier molecular flexibility index (Phi) is 4.12. The molecule has 3 heteroatoms. The average molecular weight is 346 g/mol. The molecule has 0 unspecified atom stereocenters. The molecule has 4 aromatic rings. The average Bonchev–Trinajstić information content (AvgIpc) is 3.01. The number of rotatable bonds is 4. The van der Waals surface area contributed by atoms with Gasteiger partial charge in [-0.2, -0.15) is 0 Å². The third-order valence-electron chi connectivity index (χ3n) is 4.44. The van der Waals surface area contributed by atoms with E-state index in [1.807, 2.05) is 60.7 Å². The highest BCUT2D eigenvalue weighted by molar-refractivity contribution is 6.31. The van der Waals surface area contributed by atoms with E-state index < -0.39 is 0 Å². The molecular weight excluding hydrogens is 330 g/mol. The van der Waals surface area contributed by atoms with Crippen molar-refractivity contribution in [2.75, 3.05) is 0 Å². The molecule has 122 valence electrons. The van der Waals surface area contributed by atoms with E-state index in [-0.39, 0.29) is 6.04 Å². The van der Waals surface area contributed by atoms with Gasteiger partial charge in [0.1, 0.15) is 0 Å². The molecule has 2 nitrogen and oxygen atoms in total. The highest BCUT2D eigenvalue weighted by atomic mass is 35.5. The quantitative estimate of drug-likeness (QED) is 0.432. The molecular formula is C22H16ClNO. The number of aromatic nitrogens is 1. The number of benzene rings is 3. The first-order valence-electron chi connectivity index (χ1n) is 8.13. The number of halogens is 1. The SMILES string of the molecule is O=Cc1cc2ccc(Cl)cc2n1C(c1ccccc1)c1ccccc1. The standard InChI is InChI=1S/C22H16ClNO/c23-19-12-11-18-13-20(15-25)24(21(18)14-19)22(16-7-3-1-4-8-16)17-9-5-2-6-10-17/h1-15,22H. The Morgan fingerprint density at radius 1 is 0.800 bits per heavy atom. The summed E-state index contributed by atoms with van der Waals surface area (Å²) in [5, 5.41) is 1.66. The lowest BCUT2D eigenvalue weighted by Crippen LogP contribution is -2.14. The van der Waals surface area contributed by atoms with Gasteiger partial charge >= 0.3 is 0 Å². The molecule has 0 aliphatic carbocycles. The van der Waals surface area contributed by atoms with Crippen LogP contribution in [-0.4, -0.2) is 10.9 Å². The summed E-state index contributed by atoms with van der Waals surface area (Å²) >= 11 is 6.24. The number of fused-ring (bicyclic) bond motifs is 1. The van der Waals surface area contributed by atoms with Crippen molar-refractivity contribution in [3.05, 3.63) is 107 Å². The summed E-state index contributed by atoms with van der Waals surface area (Å²) in [5.41, 5.74) is 3.82. The first-order chi connectivity index (χ1) is 12.3. The number of carbonyl (C=O) groups is 1. The zero-order valence-electron chi connectivity index (χ0n) is 13.5. The lowest BCUT2D eigenvalue weighted by Gasteiger charge is -2.23. The minimum Gasteiger partial charge on any atom is -0.326 e. The van der Waals surface area contributed by atoms with Gasteiger partial charge in [0, 0.05) is 10.4 Å². The van der Waals surface area contributed by atoms with Crippen LogP contribution in [0.1, 0.15) is 27.7 Å². The van der Waals surface area contributed by atoms with Crippen LogP contribution in [0.2, 0.25) is 5.02 Å². The van der Waals surface area contributed by atoms with Gasteiger partial charge in [0.15, 0.2) is 6.29 Å². The Balaban J connectivity index is 2.05. The Morgan fingerprint density at radius 2 is 1.40 bits per heavy atom. The minimum atomic E-state index is -0.0985. The lowest BCUT2D eigenvalue weighted by atomic mass is 9.98. The van der Waals surface area contributed by atoms with E-state index in [1.54, 1.807) is 0 Å². The van der Waals surface area contributed by atoms with Gasteiger partial charge in [-0.15, -0.1) is 0 Å². The van der Waals surface area contributed by atoms with E-state index in [0.717, 1.165) is 28.3 Å². The van der Waals surface area contributed by atoms with Crippen LogP contribution < -0.4 is 0 Å². The van der Waals surface area contributed by atoms with Crippen molar-refractivity contribution in [3.63, 3.8) is 0 Å². The van der Waals surface area contributed by atoms with Gasteiger partial charge in [0.25, 0.3) is 0 Å². The van der Waals surface area contributed by atoms with Crippen molar-refractivity contribution in [3.8, 4) is 0 Å². The van der Waals surface area contributed by atoms with Crippen molar-refractivity contribution in [2.24, 2.45) is 0 Å². The van der Waals surface area contributed by atoms with Crippen molar-refractivity contribution >= 4 is 28.8 Å². The van der Waals surface area contributed by atoms with Crippen LogP contribution in [0.3, 0.4) is 0 Å². The predicted octanol–water partition coefficient (Wildman–Crippen LogP) is 5.74. The molecule has 1 aromatic heterocycles. The molecule has 0 spiro atoms. The molecule has 0 N–H and O–H groups in total. The van der Waals surface area contributed by atoms with E-state index in [4.69, 9.17) is 11.6 Å². The maximum atomic E-state index is 11.8. The maximum Gasteiger partial charge on any atom is 0.166 e. The van der Waals surface area contributed by atoms with Gasteiger partial charge in [-0.1, -0.05) is 78.3 Å². The molecule has 0 fully saturated rings. The summed E-state index contributed by atoms with van der Waals surface area (Å²) in [6, 6.07) is 27.9. The summed E-state index contributed by atoms with van der Waals surface area (Å²) in [6.45, 7) is 0. The molecule has 4 rings (SSSR count). The van der Waals surface area contributed by atoms with Crippen LogP contribution in [0, 0.1) is 0 Å². The second-order valence-electron chi connectivity index (χ2n) is 5.98. The molecule has 0 amide bonds. The number of aldehydes is 1. The van der Waals surface area contributed by atoms with E-state index in [2.05, 4.69) is 28.8 Å². The first-order valence-corrected chi connectivity index (χ1v) is 8.51. The van der Waals surface area contributed by atoms with Gasteiger partial charge < -0.3 is 4.57 Å². The molecule has 0 atom stereocenters. The molecule has 25 heavy (non-hydrogen) atoms. The fraction of sp³-hybridized carbons (Fsp3) is 0.0455. The molecule has 0 aliphatic heterocycles. The Bertz CT molecular complexity index is 983. The van der Waals surface area contributed by atoms with E-state index in [9.17, 15) is 4.79 Å². The molecule has 3 aromatic carbocycles. The second kappa shape index (κ2) is 6.58. The van der Waals surface area contributed by atoms with Crippen molar-refractivity contribution in [1.29, 1.82) is 0 Å². The molecule has 0 radical (unpaired) electrons. The summed E-state index contributed by atoms with van der Waals surface area (Å²) < 4.78 is 2.07. The zero-order valence-corrected chi connectivity index (χ0v) is 14.2. The number of hydrogen-bond acceptors (Lipinski definition) is 1. The van der Waals surface area contributed by atoms with Gasteiger partial charge in [-0.25, -0.2) is 0 Å². The zero-order chi connectivity index (χ0) is 17.2. The third kappa shape index (κ3) is 2.86. The third-order valence-corrected chi connectivity index (χ3v) is 4.68. The Hall–Kier alpha value is -2.84. The second-order valence-corrected chi connectivity index (χ2v) is 6.42. The van der Waals surface area contributed by atoms with Crippen LogP contribution in [0.25, 0.3) is 10.9 Å². The van der Waals surface area contributed by atoms with Crippen molar-refractivity contribution in [2.45, 2.75) is 6.04 Å². The van der Waals surface area contributed by atoms with Crippen molar-refractivity contribution < 1.29 is 4.79 Å². The lowest BCUT2D eigenvalue weighted by molar-refractivity contribution is 0.111. The number of hydrogen-bond donors (Lipinski definition) is 0. The fourth-order valence-corrected chi connectivity index (χ4v) is 3.52. The summed E-state index contributed by atoms with van der Waals surface area (Å²) in [6.07, 6.45) is 0.910. The number of nitrogens with zero attached hydrogens (tertiary/aromatic N) is 1. The van der Waals surface area contributed by atoms with Crippen LogP contribution in [0.15, 0.2) is 84.9 Å². The smallest absolute Gasteiger partial charge is 0.166 e. The van der Waals surface area contributed by atoms with Gasteiger partial charge in [0.2, 0.25) is 0 Å². The Labute approximate surface area is 151 Å². The predicted molar refractivity (Wildman–Crippen MR) is 102 cm³/mol. The highest BCUT2D eigenvalue weighted by Crippen LogP contribution is 2.33. The van der Waals surface area contributed by atoms with E-state index >= 15 is 0 Å². The van der Waals surface area contributed by atoms with Crippen LogP contribution in [0.5, 0.6) is 0 Å². The van der Waals surface area contributed by atoms with E-state index in [0.29, 0.717) is 10.7 Å². The topological polar surface area (TPSA) is 22.0 Å². The number of carbonyl (C=O) groups excluding carboxylic acids is 1. The highest BCUT2D eigenvalue weighted by Gasteiger charge is 2.21.